The molecule has 26 heavy (non-hydrogen) atoms. The molecule has 1 aliphatic rings. The lowest BCUT2D eigenvalue weighted by atomic mass is 10.1. The third-order valence-electron chi connectivity index (χ3n) is 4.23. The van der Waals surface area contributed by atoms with Crippen LogP contribution in [-0.4, -0.2) is 58.2 Å². The maximum absolute atomic E-state index is 12.9. The van der Waals surface area contributed by atoms with E-state index in [0.717, 1.165) is 25.7 Å². The molecule has 1 saturated heterocycles. The van der Waals surface area contributed by atoms with Gasteiger partial charge in [0, 0.05) is 13.0 Å². The molecule has 1 heterocycles. The lowest BCUT2D eigenvalue weighted by Gasteiger charge is -2.28. The summed E-state index contributed by atoms with van der Waals surface area (Å²) in [5.74, 6) is -1.07. The number of aliphatic hydroxyl groups excluding tert-OH is 1. The Hall–Kier alpha value is -1.83. The van der Waals surface area contributed by atoms with E-state index >= 15 is 0 Å². The van der Waals surface area contributed by atoms with Crippen LogP contribution in [0.3, 0.4) is 0 Å². The number of β-amino-alcohol motifs (C(OH)–C–C–N with tert-alkyl or cyclic N) is 1. The van der Waals surface area contributed by atoms with Crippen molar-refractivity contribution in [2.75, 3.05) is 6.54 Å². The molecule has 3 atom stereocenters. The number of aliphatic hydroxyl groups is 1. The third kappa shape index (κ3) is 7.19. The minimum Gasteiger partial charge on any atom is -0.444 e. The Bertz CT molecular complexity index is 504. The third-order valence-corrected chi connectivity index (χ3v) is 4.23. The van der Waals surface area contributed by atoms with Crippen LogP contribution in [0, 0.1) is 0 Å². The molecule has 0 radical (unpaired) electrons. The van der Waals surface area contributed by atoms with Gasteiger partial charge in [-0.1, -0.05) is 32.6 Å². The highest BCUT2D eigenvalue weighted by atomic mass is 16.6. The maximum Gasteiger partial charge on any atom is 0.408 e. The first-order chi connectivity index (χ1) is 12.0. The number of carbonyl (C=O) groups is 3. The van der Waals surface area contributed by atoms with Gasteiger partial charge in [-0.25, -0.2) is 4.79 Å². The number of nitrogens with zero attached hydrogens (tertiary/aromatic N) is 1. The number of primary amides is 1. The van der Waals surface area contributed by atoms with E-state index in [0.29, 0.717) is 6.42 Å². The van der Waals surface area contributed by atoms with E-state index < -0.39 is 41.7 Å². The van der Waals surface area contributed by atoms with Gasteiger partial charge < -0.3 is 25.8 Å². The molecule has 0 spiro atoms. The number of nitrogens with one attached hydrogen (secondary N) is 1. The largest absolute Gasteiger partial charge is 0.444 e. The van der Waals surface area contributed by atoms with Gasteiger partial charge in [0.25, 0.3) is 0 Å². The minimum absolute atomic E-state index is 0.0356. The van der Waals surface area contributed by atoms with Crippen molar-refractivity contribution in [2.24, 2.45) is 5.73 Å². The Balaban J connectivity index is 2.82. The van der Waals surface area contributed by atoms with Gasteiger partial charge in [0.05, 0.1) is 6.10 Å². The smallest absolute Gasteiger partial charge is 0.408 e. The van der Waals surface area contributed by atoms with Crippen molar-refractivity contribution in [3.63, 3.8) is 0 Å². The Morgan fingerprint density at radius 2 is 1.92 bits per heavy atom. The van der Waals surface area contributed by atoms with Crippen LogP contribution in [0.5, 0.6) is 0 Å². The quantitative estimate of drug-likeness (QED) is 0.555. The summed E-state index contributed by atoms with van der Waals surface area (Å²) >= 11 is 0. The minimum atomic E-state index is -0.851. The first kappa shape index (κ1) is 22.2. The van der Waals surface area contributed by atoms with E-state index in [1.807, 2.05) is 0 Å². The van der Waals surface area contributed by atoms with Crippen LogP contribution in [0.25, 0.3) is 0 Å². The molecule has 0 bridgehead atoms. The predicted molar refractivity (Wildman–Crippen MR) is 97.2 cm³/mol. The normalized spacial score (nSPS) is 21.3. The van der Waals surface area contributed by atoms with E-state index in [9.17, 15) is 19.5 Å². The van der Waals surface area contributed by atoms with Crippen molar-refractivity contribution in [1.29, 1.82) is 0 Å². The van der Waals surface area contributed by atoms with E-state index in [1.54, 1.807) is 20.8 Å². The first-order valence-corrected chi connectivity index (χ1v) is 9.32. The van der Waals surface area contributed by atoms with Crippen molar-refractivity contribution in [3.8, 4) is 0 Å². The summed E-state index contributed by atoms with van der Waals surface area (Å²) in [6, 6.07) is -1.66. The Morgan fingerprint density at radius 1 is 1.27 bits per heavy atom. The molecule has 0 saturated carbocycles. The number of alkyl carbamates (subject to hydrolysis) is 1. The summed E-state index contributed by atoms with van der Waals surface area (Å²) < 4.78 is 5.24. The molecule has 4 N–H and O–H groups in total. The van der Waals surface area contributed by atoms with Crippen LogP contribution in [0.4, 0.5) is 4.79 Å². The summed E-state index contributed by atoms with van der Waals surface area (Å²) in [4.78, 5) is 37.9. The van der Waals surface area contributed by atoms with E-state index in [4.69, 9.17) is 10.5 Å². The molecular formula is C18H33N3O5. The maximum atomic E-state index is 12.9. The van der Waals surface area contributed by atoms with Gasteiger partial charge in [-0.3, -0.25) is 9.59 Å². The van der Waals surface area contributed by atoms with Crippen molar-refractivity contribution in [2.45, 2.75) is 90.0 Å². The summed E-state index contributed by atoms with van der Waals surface area (Å²) in [6.45, 7) is 7.35. The van der Waals surface area contributed by atoms with Crippen LogP contribution in [0.2, 0.25) is 0 Å². The second-order valence-electron chi connectivity index (χ2n) is 7.85. The molecule has 1 aliphatic heterocycles. The van der Waals surface area contributed by atoms with Gasteiger partial charge in [-0.15, -0.1) is 0 Å². The highest BCUT2D eigenvalue weighted by Crippen LogP contribution is 2.20. The molecular weight excluding hydrogens is 338 g/mol. The van der Waals surface area contributed by atoms with Gasteiger partial charge in [-0.2, -0.15) is 0 Å². The number of rotatable bonds is 8. The van der Waals surface area contributed by atoms with Crippen LogP contribution in [0.1, 0.15) is 66.2 Å². The fraction of sp³-hybridized carbons (Fsp3) is 0.833. The second-order valence-corrected chi connectivity index (χ2v) is 7.85. The number of unbranched alkanes of at least 4 members (excludes halogenated alkanes) is 3. The van der Waals surface area contributed by atoms with Crippen LogP contribution in [0.15, 0.2) is 0 Å². The van der Waals surface area contributed by atoms with Crippen LogP contribution < -0.4 is 11.1 Å². The number of hydrogen-bond acceptors (Lipinski definition) is 5. The summed E-state index contributed by atoms with van der Waals surface area (Å²) in [6.07, 6.45) is 2.89. The summed E-state index contributed by atoms with van der Waals surface area (Å²) in [5.41, 5.74) is 4.68. The number of likely N-dealkylation sites (tertiary alicyclic amines) is 1. The van der Waals surface area contributed by atoms with Crippen LogP contribution >= 0.6 is 0 Å². The highest BCUT2D eigenvalue weighted by Gasteiger charge is 2.40. The molecule has 1 rings (SSSR count). The van der Waals surface area contributed by atoms with Crippen molar-refractivity contribution in [1.82, 2.24) is 10.2 Å². The molecule has 3 unspecified atom stereocenters. The lowest BCUT2D eigenvalue weighted by molar-refractivity contribution is -0.139. The van der Waals surface area contributed by atoms with Gasteiger partial charge >= 0.3 is 6.09 Å². The molecule has 1 fully saturated rings. The fourth-order valence-corrected chi connectivity index (χ4v) is 3.01. The van der Waals surface area contributed by atoms with Crippen LogP contribution in [-0.2, 0) is 14.3 Å². The van der Waals surface area contributed by atoms with Gasteiger partial charge in [-0.05, 0) is 27.2 Å². The van der Waals surface area contributed by atoms with Gasteiger partial charge in [0.2, 0.25) is 11.8 Å². The van der Waals surface area contributed by atoms with Crippen molar-refractivity contribution < 1.29 is 24.2 Å². The van der Waals surface area contributed by atoms with Crippen molar-refractivity contribution >= 4 is 17.9 Å². The molecule has 8 nitrogen and oxygen atoms in total. The molecule has 8 heteroatoms. The second kappa shape index (κ2) is 9.75. The van der Waals surface area contributed by atoms with E-state index in [1.165, 1.54) is 4.90 Å². The zero-order valence-corrected chi connectivity index (χ0v) is 16.3. The van der Waals surface area contributed by atoms with E-state index in [2.05, 4.69) is 12.2 Å². The number of amides is 3. The van der Waals surface area contributed by atoms with Gasteiger partial charge in [0.15, 0.2) is 0 Å². The lowest BCUT2D eigenvalue weighted by Crippen LogP contribution is -2.53. The highest BCUT2D eigenvalue weighted by molar-refractivity contribution is 5.91. The predicted octanol–water partition coefficient (Wildman–Crippen LogP) is 1.30. The standard InChI is InChI=1S/C18H33N3O5/c1-5-6-7-8-9-13(20-17(25)26-18(2,3)4)16(24)21-11-12(22)10-14(21)15(19)23/h12-14,22H,5-11H2,1-4H3,(H2,19,23)(H,20,25). The Labute approximate surface area is 155 Å². The zero-order chi connectivity index (χ0) is 19.9. The molecule has 0 aromatic rings. The molecule has 150 valence electrons. The topological polar surface area (TPSA) is 122 Å². The van der Waals surface area contributed by atoms with Gasteiger partial charge in [0.1, 0.15) is 17.7 Å². The monoisotopic (exact) mass is 371 g/mol. The molecule has 3 amide bonds. The zero-order valence-electron chi connectivity index (χ0n) is 16.3. The Morgan fingerprint density at radius 3 is 2.46 bits per heavy atom. The molecule has 0 aromatic heterocycles. The fourth-order valence-electron chi connectivity index (χ4n) is 3.01. The number of nitrogens with two attached hydrogens (primary N) is 1. The summed E-state index contributed by atoms with van der Waals surface area (Å²) in [5, 5.41) is 12.4. The van der Waals surface area contributed by atoms with E-state index in [-0.39, 0.29) is 13.0 Å². The number of ether oxygens (including phenoxy) is 1. The molecule has 0 aromatic carbocycles. The number of carbonyl (C=O) groups excluding carboxylic acids is 3. The SMILES string of the molecule is CCCCCCC(NC(=O)OC(C)(C)C)C(=O)N1CC(O)CC1C(N)=O. The summed E-state index contributed by atoms with van der Waals surface area (Å²) in [7, 11) is 0. The average Bonchev–Trinajstić information content (AvgIpc) is 2.90. The van der Waals surface area contributed by atoms with Crippen molar-refractivity contribution in [3.05, 3.63) is 0 Å². The Kier molecular flexibility index (Phi) is 8.33. The molecule has 0 aliphatic carbocycles. The number of hydrogen-bond donors (Lipinski definition) is 3. The average molecular weight is 371 g/mol. The first-order valence-electron chi connectivity index (χ1n) is 9.32.